The van der Waals surface area contributed by atoms with E-state index in [4.69, 9.17) is 16.7 Å². The zero-order valence-electron chi connectivity index (χ0n) is 9.84. The second-order valence-corrected chi connectivity index (χ2v) is 4.65. The van der Waals surface area contributed by atoms with Crippen LogP contribution in [-0.4, -0.2) is 27.6 Å². The van der Waals surface area contributed by atoms with Gasteiger partial charge < -0.3 is 10.0 Å². The quantitative estimate of drug-likeness (QED) is 0.675. The first-order valence-electron chi connectivity index (χ1n) is 5.55. The minimum Gasteiger partial charge on any atom is -0.394 e. The van der Waals surface area contributed by atoms with Crippen molar-refractivity contribution in [1.82, 2.24) is 4.90 Å². The molecular weight excluding hydrogens is 256 g/mol. The molecule has 1 aromatic carbocycles. The Morgan fingerprint density at radius 1 is 1.61 bits per heavy atom. The second-order valence-electron chi connectivity index (χ2n) is 4.25. The largest absolute Gasteiger partial charge is 0.394 e. The van der Waals surface area contributed by atoms with Crippen LogP contribution in [0.5, 0.6) is 0 Å². The molecule has 0 aliphatic carbocycles. The maximum absolute atomic E-state index is 11.0. The molecular formula is C12H13ClN2O3. The summed E-state index contributed by atoms with van der Waals surface area (Å²) in [6, 6.07) is 3.30. The zero-order valence-corrected chi connectivity index (χ0v) is 10.6. The average molecular weight is 269 g/mol. The van der Waals surface area contributed by atoms with Crippen molar-refractivity contribution in [2.24, 2.45) is 0 Å². The third kappa shape index (κ3) is 2.19. The summed E-state index contributed by atoms with van der Waals surface area (Å²) in [6.07, 6.45) is 3.43. The molecule has 18 heavy (non-hydrogen) atoms. The fourth-order valence-corrected chi connectivity index (χ4v) is 2.19. The molecule has 0 bridgehead atoms. The Bertz CT molecular complexity index is 516. The van der Waals surface area contributed by atoms with E-state index in [1.807, 2.05) is 11.8 Å². The Balaban J connectivity index is 2.43. The summed E-state index contributed by atoms with van der Waals surface area (Å²) < 4.78 is 0. The minimum atomic E-state index is -0.462. The van der Waals surface area contributed by atoms with E-state index in [0.717, 1.165) is 5.56 Å². The average Bonchev–Trinajstić information content (AvgIpc) is 2.36. The summed E-state index contributed by atoms with van der Waals surface area (Å²) in [7, 11) is 0. The van der Waals surface area contributed by atoms with E-state index in [2.05, 4.69) is 0 Å². The highest BCUT2D eigenvalue weighted by Gasteiger charge is 2.24. The second kappa shape index (κ2) is 4.96. The van der Waals surface area contributed by atoms with Gasteiger partial charge in [-0.25, -0.2) is 0 Å². The van der Waals surface area contributed by atoms with Gasteiger partial charge in [0.15, 0.2) is 0 Å². The normalized spacial score (nSPS) is 15.4. The molecule has 0 spiro atoms. The van der Waals surface area contributed by atoms with Crippen molar-refractivity contribution in [2.75, 3.05) is 6.61 Å². The predicted molar refractivity (Wildman–Crippen MR) is 69.2 cm³/mol. The predicted octanol–water partition coefficient (Wildman–Crippen LogP) is 2.42. The molecule has 1 atom stereocenters. The van der Waals surface area contributed by atoms with Crippen molar-refractivity contribution in [1.29, 1.82) is 0 Å². The number of halogens is 1. The molecule has 0 unspecified atom stereocenters. The Labute approximate surface area is 109 Å². The smallest absolute Gasteiger partial charge is 0.295 e. The minimum absolute atomic E-state index is 0.0239. The lowest BCUT2D eigenvalue weighted by molar-refractivity contribution is -0.385. The number of benzene rings is 1. The van der Waals surface area contributed by atoms with Gasteiger partial charge in [0.1, 0.15) is 5.02 Å². The molecule has 2 rings (SSSR count). The Hall–Kier alpha value is -1.59. The van der Waals surface area contributed by atoms with Gasteiger partial charge in [0.05, 0.1) is 17.1 Å². The molecule has 1 aliphatic heterocycles. The van der Waals surface area contributed by atoms with Crippen molar-refractivity contribution in [3.8, 4) is 0 Å². The molecule has 5 nitrogen and oxygen atoms in total. The summed E-state index contributed by atoms with van der Waals surface area (Å²) in [4.78, 5) is 12.5. The molecule has 6 heteroatoms. The zero-order chi connectivity index (χ0) is 13.3. The number of aliphatic hydroxyl groups excluding tert-OH is 1. The maximum atomic E-state index is 11.0. The summed E-state index contributed by atoms with van der Waals surface area (Å²) in [6.45, 7) is 2.46. The number of nitrogens with zero attached hydrogens (tertiary/aromatic N) is 2. The number of hydrogen-bond acceptors (Lipinski definition) is 4. The fraction of sp³-hybridized carbons (Fsp3) is 0.333. The van der Waals surface area contributed by atoms with Crippen LogP contribution in [-0.2, 0) is 6.54 Å². The SMILES string of the molecule is C[C@H](CO)N1C=Cc2c(ccc(Cl)c2[N+](=O)[O-])C1. The summed E-state index contributed by atoms with van der Waals surface area (Å²) >= 11 is 5.85. The van der Waals surface area contributed by atoms with Gasteiger partial charge in [0.25, 0.3) is 5.69 Å². The van der Waals surface area contributed by atoms with Crippen LogP contribution in [0.25, 0.3) is 6.08 Å². The molecule has 0 saturated heterocycles. The summed E-state index contributed by atoms with van der Waals surface area (Å²) in [5.41, 5.74) is 1.34. The molecule has 0 aromatic heterocycles. The van der Waals surface area contributed by atoms with Gasteiger partial charge in [-0.3, -0.25) is 10.1 Å². The van der Waals surface area contributed by atoms with Crippen LogP contribution in [0.2, 0.25) is 5.02 Å². The number of nitro benzene ring substituents is 1. The van der Waals surface area contributed by atoms with Gasteiger partial charge in [-0.05, 0) is 24.6 Å². The first-order valence-corrected chi connectivity index (χ1v) is 5.93. The summed E-state index contributed by atoms with van der Waals surface area (Å²) in [5.74, 6) is 0. The number of aliphatic hydroxyl groups is 1. The van der Waals surface area contributed by atoms with E-state index in [9.17, 15) is 10.1 Å². The van der Waals surface area contributed by atoms with Crippen LogP contribution in [0.4, 0.5) is 5.69 Å². The molecule has 0 saturated carbocycles. The Morgan fingerprint density at radius 3 is 2.94 bits per heavy atom. The number of nitro groups is 1. The van der Waals surface area contributed by atoms with Crippen molar-refractivity contribution in [2.45, 2.75) is 19.5 Å². The van der Waals surface area contributed by atoms with E-state index in [-0.39, 0.29) is 23.4 Å². The standard InChI is InChI=1S/C12H13ClN2O3/c1-8(7-16)14-5-4-10-9(6-14)2-3-11(13)12(10)15(17)18/h2-5,8,16H,6-7H2,1H3/t8-/m1/s1. The van der Waals surface area contributed by atoms with Crippen molar-refractivity contribution in [3.63, 3.8) is 0 Å². The van der Waals surface area contributed by atoms with Crippen molar-refractivity contribution in [3.05, 3.63) is 44.6 Å². The first kappa shape index (κ1) is 12.9. The molecule has 0 fully saturated rings. The highest BCUT2D eigenvalue weighted by atomic mass is 35.5. The molecule has 1 aromatic rings. The van der Waals surface area contributed by atoms with Crippen LogP contribution in [0.1, 0.15) is 18.1 Å². The lowest BCUT2D eigenvalue weighted by atomic mass is 10.0. The fourth-order valence-electron chi connectivity index (χ4n) is 1.96. The maximum Gasteiger partial charge on any atom is 0.295 e. The van der Waals surface area contributed by atoms with Gasteiger partial charge >= 0.3 is 0 Å². The van der Waals surface area contributed by atoms with Crippen molar-refractivity contribution < 1.29 is 10.0 Å². The topological polar surface area (TPSA) is 66.6 Å². The van der Waals surface area contributed by atoms with E-state index >= 15 is 0 Å². The molecule has 0 amide bonds. The number of hydrogen-bond donors (Lipinski definition) is 1. The molecule has 1 aliphatic rings. The van der Waals surface area contributed by atoms with E-state index in [1.165, 1.54) is 0 Å². The van der Waals surface area contributed by atoms with Crippen molar-refractivity contribution >= 4 is 23.4 Å². The van der Waals surface area contributed by atoms with Gasteiger partial charge in [-0.1, -0.05) is 17.7 Å². The van der Waals surface area contributed by atoms with E-state index < -0.39 is 4.92 Å². The third-order valence-corrected chi connectivity index (χ3v) is 3.36. The lowest BCUT2D eigenvalue weighted by Gasteiger charge is -2.29. The Morgan fingerprint density at radius 2 is 2.33 bits per heavy atom. The van der Waals surface area contributed by atoms with Crippen LogP contribution < -0.4 is 0 Å². The van der Waals surface area contributed by atoms with Crippen LogP contribution >= 0.6 is 11.6 Å². The highest BCUT2D eigenvalue weighted by Crippen LogP contribution is 2.35. The first-order chi connectivity index (χ1) is 8.54. The third-order valence-electron chi connectivity index (χ3n) is 3.06. The highest BCUT2D eigenvalue weighted by molar-refractivity contribution is 6.33. The lowest BCUT2D eigenvalue weighted by Crippen LogP contribution is -2.32. The van der Waals surface area contributed by atoms with Gasteiger partial charge in [0, 0.05) is 18.8 Å². The van der Waals surface area contributed by atoms with Gasteiger partial charge in [-0.2, -0.15) is 0 Å². The van der Waals surface area contributed by atoms with Crippen LogP contribution in [0, 0.1) is 10.1 Å². The number of rotatable bonds is 3. The van der Waals surface area contributed by atoms with Crippen LogP contribution in [0.15, 0.2) is 18.3 Å². The van der Waals surface area contributed by atoms with Gasteiger partial charge in [-0.15, -0.1) is 0 Å². The van der Waals surface area contributed by atoms with Crippen LogP contribution in [0.3, 0.4) is 0 Å². The Kier molecular flexibility index (Phi) is 3.54. The number of fused-ring (bicyclic) bond motifs is 1. The monoisotopic (exact) mass is 268 g/mol. The molecule has 96 valence electrons. The van der Waals surface area contributed by atoms with E-state index in [0.29, 0.717) is 12.1 Å². The molecule has 0 radical (unpaired) electrons. The summed E-state index contributed by atoms with van der Waals surface area (Å²) in [5, 5.41) is 20.3. The molecule has 1 heterocycles. The van der Waals surface area contributed by atoms with Gasteiger partial charge in [0.2, 0.25) is 0 Å². The van der Waals surface area contributed by atoms with E-state index in [1.54, 1.807) is 24.4 Å². The molecule has 1 N–H and O–H groups in total.